The van der Waals surface area contributed by atoms with E-state index in [0.717, 1.165) is 22.4 Å². The number of esters is 1. The van der Waals surface area contributed by atoms with Gasteiger partial charge in [0.2, 0.25) is 0 Å². The summed E-state index contributed by atoms with van der Waals surface area (Å²) >= 11 is 6.70. The Morgan fingerprint density at radius 3 is 2.45 bits per heavy atom. The molecule has 31 heavy (non-hydrogen) atoms. The molecule has 8 heteroatoms. The van der Waals surface area contributed by atoms with Crippen LogP contribution in [0, 0.1) is 13.8 Å². The second-order valence-corrected chi connectivity index (χ2v) is 8.96. The van der Waals surface area contributed by atoms with E-state index in [4.69, 9.17) is 17.0 Å². The maximum atomic E-state index is 13.4. The lowest BCUT2D eigenvalue weighted by atomic mass is 9.94. The van der Waals surface area contributed by atoms with Gasteiger partial charge in [0.1, 0.15) is 5.00 Å². The summed E-state index contributed by atoms with van der Waals surface area (Å²) in [5.74, 6) is -0.727. The van der Waals surface area contributed by atoms with Crippen molar-refractivity contribution < 1.29 is 14.3 Å². The summed E-state index contributed by atoms with van der Waals surface area (Å²) in [6.07, 6.45) is 0.939. The average Bonchev–Trinajstić information content (AvgIpc) is 3.00. The lowest BCUT2D eigenvalue weighted by molar-refractivity contribution is -0.113. The summed E-state index contributed by atoms with van der Waals surface area (Å²) in [6, 6.07) is 7.73. The van der Waals surface area contributed by atoms with Crippen LogP contribution in [0.1, 0.15) is 58.7 Å². The fourth-order valence-corrected chi connectivity index (χ4v) is 4.84. The summed E-state index contributed by atoms with van der Waals surface area (Å²) in [4.78, 5) is 26.9. The Bertz CT molecular complexity index is 1050. The first-order chi connectivity index (χ1) is 14.8. The molecular weight excluding hydrogens is 430 g/mol. The highest BCUT2D eigenvalue weighted by Gasteiger charge is 2.31. The number of carbonyl (C=O) groups is 2. The van der Waals surface area contributed by atoms with Gasteiger partial charge in [-0.05, 0) is 63.0 Å². The van der Waals surface area contributed by atoms with E-state index in [-0.39, 0.29) is 12.5 Å². The van der Waals surface area contributed by atoms with E-state index < -0.39 is 12.0 Å². The Hall–Kier alpha value is -2.71. The highest BCUT2D eigenvalue weighted by molar-refractivity contribution is 7.80. The van der Waals surface area contributed by atoms with Crippen molar-refractivity contribution in [3.63, 3.8) is 0 Å². The molecule has 2 aromatic rings. The third-order valence-corrected chi connectivity index (χ3v) is 6.67. The van der Waals surface area contributed by atoms with Gasteiger partial charge in [-0.3, -0.25) is 4.79 Å². The van der Waals surface area contributed by atoms with Crippen molar-refractivity contribution in [1.29, 1.82) is 0 Å². The highest BCUT2D eigenvalue weighted by Crippen LogP contribution is 2.35. The molecule has 1 aliphatic heterocycles. The van der Waals surface area contributed by atoms with Crippen LogP contribution in [0.15, 0.2) is 35.5 Å². The zero-order valence-corrected chi connectivity index (χ0v) is 20.0. The van der Waals surface area contributed by atoms with Crippen molar-refractivity contribution in [3.8, 4) is 0 Å². The third-order valence-electron chi connectivity index (χ3n) is 5.33. The van der Waals surface area contributed by atoms with Crippen LogP contribution in [0.4, 0.5) is 5.00 Å². The van der Waals surface area contributed by atoms with E-state index in [1.165, 1.54) is 16.9 Å². The first-order valence-corrected chi connectivity index (χ1v) is 11.4. The largest absolute Gasteiger partial charge is 0.462 e. The number of carbonyl (C=O) groups excluding carboxylic acids is 2. The van der Waals surface area contributed by atoms with Crippen molar-refractivity contribution >= 4 is 45.5 Å². The molecule has 1 aromatic heterocycles. The van der Waals surface area contributed by atoms with Crippen LogP contribution in [-0.2, 0) is 16.0 Å². The number of benzene rings is 1. The van der Waals surface area contributed by atoms with Gasteiger partial charge in [0.25, 0.3) is 5.91 Å². The Labute approximate surface area is 192 Å². The van der Waals surface area contributed by atoms with Gasteiger partial charge < -0.3 is 20.7 Å². The van der Waals surface area contributed by atoms with Gasteiger partial charge in [0.15, 0.2) is 5.11 Å². The molecule has 0 fully saturated rings. The lowest BCUT2D eigenvalue weighted by Gasteiger charge is -2.30. The molecule has 0 radical (unpaired) electrons. The normalized spacial score (nSPS) is 15.9. The summed E-state index contributed by atoms with van der Waals surface area (Å²) < 4.78 is 5.20. The Morgan fingerprint density at radius 1 is 1.16 bits per heavy atom. The van der Waals surface area contributed by atoms with Crippen LogP contribution >= 0.6 is 23.6 Å². The summed E-state index contributed by atoms with van der Waals surface area (Å²) in [6.45, 7) is 9.73. The number of ether oxygens (including phenoxy) is 1. The quantitative estimate of drug-likeness (QED) is 0.437. The van der Waals surface area contributed by atoms with Crippen LogP contribution in [0.25, 0.3) is 0 Å². The zero-order valence-electron chi connectivity index (χ0n) is 18.3. The SMILES string of the molecule is CCOC(=O)c1c(NC(=O)C2=C(C)NC(=S)N[C@H]2c2ccc(CC)cc2)sc(C)c1C. The molecule has 1 amide bonds. The summed E-state index contributed by atoms with van der Waals surface area (Å²) in [5, 5.41) is 10.2. The molecule has 3 rings (SSSR count). The smallest absolute Gasteiger partial charge is 0.341 e. The fourth-order valence-electron chi connectivity index (χ4n) is 3.53. The standard InChI is InChI=1S/C23H27N3O3S2/c1-6-15-8-10-16(11-9-15)19-18(13(4)24-23(30)25-19)20(27)26-21-17(22(28)29-7-2)12(3)14(5)31-21/h8-11,19H,6-7H2,1-5H3,(H,26,27)(H2,24,25,30)/t19-/m0/s1. The number of thiocarbonyl (C=S) groups is 1. The fraction of sp³-hybridized carbons (Fsp3) is 0.348. The number of rotatable bonds is 6. The average molecular weight is 458 g/mol. The molecule has 2 heterocycles. The minimum atomic E-state index is -0.432. The zero-order chi connectivity index (χ0) is 22.7. The van der Waals surface area contributed by atoms with E-state index in [2.05, 4.69) is 35.0 Å². The van der Waals surface area contributed by atoms with Gasteiger partial charge in [-0.2, -0.15) is 0 Å². The van der Waals surface area contributed by atoms with Gasteiger partial charge >= 0.3 is 5.97 Å². The predicted octanol–water partition coefficient (Wildman–Crippen LogP) is 4.54. The molecule has 0 aliphatic carbocycles. The number of hydrogen-bond acceptors (Lipinski definition) is 5. The molecule has 0 unspecified atom stereocenters. The van der Waals surface area contributed by atoms with E-state index in [1.54, 1.807) is 6.92 Å². The maximum absolute atomic E-state index is 13.4. The molecule has 6 nitrogen and oxygen atoms in total. The first kappa shape index (κ1) is 23.0. The van der Waals surface area contributed by atoms with Gasteiger partial charge in [-0.15, -0.1) is 11.3 Å². The number of anilines is 1. The molecule has 3 N–H and O–H groups in total. The van der Waals surface area contributed by atoms with Crippen LogP contribution in [-0.4, -0.2) is 23.6 Å². The molecule has 0 spiro atoms. The molecule has 1 aliphatic rings. The second-order valence-electron chi connectivity index (χ2n) is 7.33. The van der Waals surface area contributed by atoms with Crippen molar-refractivity contribution in [2.24, 2.45) is 0 Å². The van der Waals surface area contributed by atoms with E-state index in [0.29, 0.717) is 26.9 Å². The molecule has 1 aromatic carbocycles. The topological polar surface area (TPSA) is 79.5 Å². The molecule has 164 valence electrons. The van der Waals surface area contributed by atoms with Gasteiger partial charge in [0, 0.05) is 10.6 Å². The number of thiophene rings is 1. The highest BCUT2D eigenvalue weighted by atomic mass is 32.1. The van der Waals surface area contributed by atoms with Crippen molar-refractivity contribution in [2.75, 3.05) is 11.9 Å². The van der Waals surface area contributed by atoms with Crippen LogP contribution in [0.2, 0.25) is 0 Å². The molecule has 0 saturated heterocycles. The van der Waals surface area contributed by atoms with E-state index >= 15 is 0 Å². The van der Waals surface area contributed by atoms with Crippen LogP contribution in [0.3, 0.4) is 0 Å². The molecule has 1 atom stereocenters. The predicted molar refractivity (Wildman–Crippen MR) is 129 cm³/mol. The minimum Gasteiger partial charge on any atom is -0.462 e. The Morgan fingerprint density at radius 2 is 1.84 bits per heavy atom. The maximum Gasteiger partial charge on any atom is 0.341 e. The van der Waals surface area contributed by atoms with Crippen molar-refractivity contribution in [2.45, 2.75) is 47.1 Å². The molecule has 0 saturated carbocycles. The van der Waals surface area contributed by atoms with E-state index in [1.807, 2.05) is 32.9 Å². The number of hydrogen-bond donors (Lipinski definition) is 3. The summed E-state index contributed by atoms with van der Waals surface area (Å²) in [5.41, 5.74) is 4.58. The monoisotopic (exact) mass is 457 g/mol. The van der Waals surface area contributed by atoms with E-state index in [9.17, 15) is 9.59 Å². The lowest BCUT2D eigenvalue weighted by Crippen LogP contribution is -2.45. The Balaban J connectivity index is 1.97. The van der Waals surface area contributed by atoms with Gasteiger partial charge in [0.05, 0.1) is 23.8 Å². The summed E-state index contributed by atoms with van der Waals surface area (Å²) in [7, 11) is 0. The number of allylic oxidation sites excluding steroid dienone is 1. The van der Waals surface area contributed by atoms with Crippen molar-refractivity contribution in [3.05, 3.63) is 62.7 Å². The molecular formula is C23H27N3O3S2. The number of aryl methyl sites for hydroxylation is 2. The number of amides is 1. The third kappa shape index (κ3) is 4.80. The minimum absolute atomic E-state index is 0.270. The van der Waals surface area contributed by atoms with Gasteiger partial charge in [-0.25, -0.2) is 4.79 Å². The Kier molecular flexibility index (Phi) is 7.12. The first-order valence-electron chi connectivity index (χ1n) is 10.2. The van der Waals surface area contributed by atoms with Crippen LogP contribution in [0.5, 0.6) is 0 Å². The molecule has 0 bridgehead atoms. The van der Waals surface area contributed by atoms with Crippen LogP contribution < -0.4 is 16.0 Å². The van der Waals surface area contributed by atoms with Gasteiger partial charge in [-0.1, -0.05) is 31.2 Å². The number of nitrogens with one attached hydrogen (secondary N) is 3. The second kappa shape index (κ2) is 9.62. The van der Waals surface area contributed by atoms with Crippen molar-refractivity contribution in [1.82, 2.24) is 10.6 Å².